The SMILES string of the molecule is CCCC(CCC)C1CC=CC1. The van der Waals surface area contributed by atoms with E-state index in [9.17, 15) is 0 Å². The fraction of sp³-hybridized carbons (Fsp3) is 0.833. The molecule has 0 spiro atoms. The Morgan fingerprint density at radius 3 is 2.00 bits per heavy atom. The van der Waals surface area contributed by atoms with Crippen LogP contribution in [0.5, 0.6) is 0 Å². The summed E-state index contributed by atoms with van der Waals surface area (Å²) in [6.07, 6.45) is 13.0. The van der Waals surface area contributed by atoms with Gasteiger partial charge in [-0.05, 0) is 24.7 Å². The minimum Gasteiger partial charge on any atom is -0.0882 e. The molecule has 0 unspecified atom stereocenters. The quantitative estimate of drug-likeness (QED) is 0.538. The molecule has 1 aliphatic carbocycles. The van der Waals surface area contributed by atoms with E-state index in [1.807, 2.05) is 0 Å². The first-order valence-electron chi connectivity index (χ1n) is 5.53. The first-order valence-corrected chi connectivity index (χ1v) is 5.53. The Hall–Kier alpha value is -0.260. The van der Waals surface area contributed by atoms with Gasteiger partial charge in [-0.25, -0.2) is 0 Å². The molecular weight excluding hydrogens is 144 g/mol. The fourth-order valence-corrected chi connectivity index (χ4v) is 2.38. The zero-order chi connectivity index (χ0) is 8.81. The molecule has 0 saturated carbocycles. The molecule has 0 nitrogen and oxygen atoms in total. The van der Waals surface area contributed by atoms with Gasteiger partial charge in [0.05, 0.1) is 0 Å². The summed E-state index contributed by atoms with van der Waals surface area (Å²) < 4.78 is 0. The van der Waals surface area contributed by atoms with Gasteiger partial charge in [0.15, 0.2) is 0 Å². The van der Waals surface area contributed by atoms with E-state index in [0.29, 0.717) is 0 Å². The maximum Gasteiger partial charge on any atom is -0.0317 e. The lowest BCUT2D eigenvalue weighted by Gasteiger charge is -2.22. The van der Waals surface area contributed by atoms with Gasteiger partial charge >= 0.3 is 0 Å². The van der Waals surface area contributed by atoms with E-state index in [0.717, 1.165) is 11.8 Å². The maximum absolute atomic E-state index is 2.36. The lowest BCUT2D eigenvalue weighted by molar-refractivity contribution is 0.302. The third-order valence-electron chi connectivity index (χ3n) is 3.03. The van der Waals surface area contributed by atoms with Gasteiger partial charge in [0.1, 0.15) is 0 Å². The highest BCUT2D eigenvalue weighted by atomic mass is 14.2. The Kier molecular flexibility index (Phi) is 4.42. The van der Waals surface area contributed by atoms with Crippen molar-refractivity contribution in [3.8, 4) is 0 Å². The average Bonchev–Trinajstić information content (AvgIpc) is 2.56. The molecule has 0 heterocycles. The first-order chi connectivity index (χ1) is 5.88. The molecule has 0 saturated heterocycles. The van der Waals surface area contributed by atoms with Crippen LogP contribution in [0.1, 0.15) is 52.4 Å². The van der Waals surface area contributed by atoms with E-state index in [2.05, 4.69) is 26.0 Å². The van der Waals surface area contributed by atoms with Gasteiger partial charge in [0.2, 0.25) is 0 Å². The molecule has 0 aromatic heterocycles. The van der Waals surface area contributed by atoms with Crippen LogP contribution in [0.3, 0.4) is 0 Å². The lowest BCUT2D eigenvalue weighted by Crippen LogP contribution is -2.11. The molecule has 12 heavy (non-hydrogen) atoms. The predicted octanol–water partition coefficient (Wildman–Crippen LogP) is 4.17. The largest absolute Gasteiger partial charge is 0.0882 e. The van der Waals surface area contributed by atoms with Crippen molar-refractivity contribution >= 4 is 0 Å². The van der Waals surface area contributed by atoms with Gasteiger partial charge in [-0.15, -0.1) is 0 Å². The number of hydrogen-bond acceptors (Lipinski definition) is 0. The van der Waals surface area contributed by atoms with E-state index in [-0.39, 0.29) is 0 Å². The van der Waals surface area contributed by atoms with E-state index >= 15 is 0 Å². The summed E-state index contributed by atoms with van der Waals surface area (Å²) in [4.78, 5) is 0. The molecule has 0 amide bonds. The monoisotopic (exact) mass is 166 g/mol. The number of rotatable bonds is 5. The van der Waals surface area contributed by atoms with Crippen molar-refractivity contribution in [2.45, 2.75) is 52.4 Å². The smallest absolute Gasteiger partial charge is 0.0317 e. The highest BCUT2D eigenvalue weighted by Crippen LogP contribution is 2.32. The van der Waals surface area contributed by atoms with Crippen LogP contribution in [0.4, 0.5) is 0 Å². The Labute approximate surface area is 77.1 Å². The molecule has 1 aliphatic rings. The fourth-order valence-electron chi connectivity index (χ4n) is 2.38. The van der Waals surface area contributed by atoms with Gasteiger partial charge in [-0.3, -0.25) is 0 Å². The van der Waals surface area contributed by atoms with Crippen molar-refractivity contribution in [2.75, 3.05) is 0 Å². The van der Waals surface area contributed by atoms with Crippen LogP contribution in [-0.2, 0) is 0 Å². The minimum atomic E-state index is 0.991. The Bertz CT molecular complexity index is 121. The molecular formula is C12H22. The van der Waals surface area contributed by atoms with Crippen LogP contribution in [0.2, 0.25) is 0 Å². The number of allylic oxidation sites excluding steroid dienone is 2. The second-order valence-corrected chi connectivity index (χ2v) is 4.04. The average molecular weight is 166 g/mol. The molecule has 0 aromatic carbocycles. The van der Waals surface area contributed by atoms with Crippen LogP contribution < -0.4 is 0 Å². The van der Waals surface area contributed by atoms with Crippen LogP contribution in [0.25, 0.3) is 0 Å². The maximum atomic E-state index is 2.36. The molecule has 0 N–H and O–H groups in total. The molecule has 0 aliphatic heterocycles. The lowest BCUT2D eigenvalue weighted by atomic mass is 9.84. The van der Waals surface area contributed by atoms with Crippen LogP contribution in [0, 0.1) is 11.8 Å². The van der Waals surface area contributed by atoms with Gasteiger partial charge in [0.25, 0.3) is 0 Å². The van der Waals surface area contributed by atoms with Crippen LogP contribution in [-0.4, -0.2) is 0 Å². The van der Waals surface area contributed by atoms with Gasteiger partial charge < -0.3 is 0 Å². The zero-order valence-electron chi connectivity index (χ0n) is 8.55. The molecule has 0 bridgehead atoms. The van der Waals surface area contributed by atoms with Crippen LogP contribution in [0.15, 0.2) is 12.2 Å². The summed E-state index contributed by atoms with van der Waals surface area (Å²) in [7, 11) is 0. The van der Waals surface area contributed by atoms with E-state index in [1.165, 1.54) is 38.5 Å². The molecule has 0 atom stereocenters. The summed E-state index contributed by atoms with van der Waals surface area (Å²) in [6.45, 7) is 4.62. The zero-order valence-corrected chi connectivity index (χ0v) is 8.55. The van der Waals surface area contributed by atoms with Gasteiger partial charge in [-0.2, -0.15) is 0 Å². The van der Waals surface area contributed by atoms with Crippen molar-refractivity contribution in [3.05, 3.63) is 12.2 Å². The minimum absolute atomic E-state index is 0.991. The number of hydrogen-bond donors (Lipinski definition) is 0. The molecule has 0 aromatic rings. The third-order valence-corrected chi connectivity index (χ3v) is 3.03. The van der Waals surface area contributed by atoms with Gasteiger partial charge in [-0.1, -0.05) is 51.7 Å². The highest BCUT2D eigenvalue weighted by molar-refractivity contribution is 4.96. The van der Waals surface area contributed by atoms with E-state index in [1.54, 1.807) is 0 Å². The van der Waals surface area contributed by atoms with Gasteiger partial charge in [0, 0.05) is 0 Å². The molecule has 0 heteroatoms. The molecule has 0 radical (unpaired) electrons. The normalized spacial score (nSPS) is 17.9. The second-order valence-electron chi connectivity index (χ2n) is 4.04. The summed E-state index contributed by atoms with van der Waals surface area (Å²) in [5.41, 5.74) is 0. The summed E-state index contributed by atoms with van der Waals surface area (Å²) >= 11 is 0. The molecule has 70 valence electrons. The van der Waals surface area contributed by atoms with E-state index < -0.39 is 0 Å². The third kappa shape index (κ3) is 2.66. The second kappa shape index (κ2) is 5.40. The standard InChI is InChI=1S/C12H22/c1-3-7-11(8-4-2)12-9-5-6-10-12/h5-6,11-12H,3-4,7-10H2,1-2H3. The van der Waals surface area contributed by atoms with Crippen molar-refractivity contribution in [3.63, 3.8) is 0 Å². The van der Waals surface area contributed by atoms with E-state index in [4.69, 9.17) is 0 Å². The highest BCUT2D eigenvalue weighted by Gasteiger charge is 2.20. The van der Waals surface area contributed by atoms with Crippen molar-refractivity contribution in [2.24, 2.45) is 11.8 Å². The Morgan fingerprint density at radius 1 is 1.08 bits per heavy atom. The Balaban J connectivity index is 2.30. The summed E-state index contributed by atoms with van der Waals surface area (Å²) in [5.74, 6) is 2.00. The first kappa shape index (κ1) is 9.83. The summed E-state index contributed by atoms with van der Waals surface area (Å²) in [5, 5.41) is 0. The predicted molar refractivity (Wildman–Crippen MR) is 55.2 cm³/mol. The van der Waals surface area contributed by atoms with Crippen molar-refractivity contribution in [1.82, 2.24) is 0 Å². The molecule has 1 rings (SSSR count). The Morgan fingerprint density at radius 2 is 1.58 bits per heavy atom. The van der Waals surface area contributed by atoms with Crippen LogP contribution >= 0.6 is 0 Å². The summed E-state index contributed by atoms with van der Waals surface area (Å²) in [6, 6.07) is 0. The molecule has 0 fully saturated rings. The topological polar surface area (TPSA) is 0 Å². The van der Waals surface area contributed by atoms with Crippen molar-refractivity contribution < 1.29 is 0 Å². The van der Waals surface area contributed by atoms with Crippen molar-refractivity contribution in [1.29, 1.82) is 0 Å².